The SMILES string of the molecule is Cc1nn(Cc2ccccc2)c(C)c1/C=N\NC(=O)c1cccs1. The van der Waals surface area contributed by atoms with E-state index < -0.39 is 0 Å². The van der Waals surface area contributed by atoms with E-state index in [1.165, 1.54) is 16.9 Å². The van der Waals surface area contributed by atoms with E-state index >= 15 is 0 Å². The molecule has 0 saturated carbocycles. The van der Waals surface area contributed by atoms with Gasteiger partial charge in [-0.05, 0) is 30.9 Å². The van der Waals surface area contributed by atoms with E-state index in [2.05, 4.69) is 27.8 Å². The van der Waals surface area contributed by atoms with Gasteiger partial charge in [0.05, 0.1) is 23.3 Å². The van der Waals surface area contributed by atoms with Crippen LogP contribution in [0, 0.1) is 13.8 Å². The minimum Gasteiger partial charge on any atom is -0.266 e. The van der Waals surface area contributed by atoms with Gasteiger partial charge < -0.3 is 0 Å². The molecule has 1 N–H and O–H groups in total. The van der Waals surface area contributed by atoms with Crippen LogP contribution in [0.15, 0.2) is 52.9 Å². The largest absolute Gasteiger partial charge is 0.281 e. The molecule has 0 fully saturated rings. The van der Waals surface area contributed by atoms with Crippen LogP contribution in [0.25, 0.3) is 0 Å². The Bertz CT molecular complexity index is 851. The Morgan fingerprint density at radius 1 is 1.25 bits per heavy atom. The van der Waals surface area contributed by atoms with Crippen LogP contribution < -0.4 is 5.43 Å². The van der Waals surface area contributed by atoms with Gasteiger partial charge >= 0.3 is 0 Å². The van der Waals surface area contributed by atoms with Crippen molar-refractivity contribution in [1.29, 1.82) is 0 Å². The molecule has 0 unspecified atom stereocenters. The number of carbonyl (C=O) groups is 1. The number of amides is 1. The molecule has 3 aromatic rings. The third kappa shape index (κ3) is 3.60. The second kappa shape index (κ2) is 7.23. The zero-order chi connectivity index (χ0) is 16.9. The Morgan fingerprint density at radius 2 is 2.04 bits per heavy atom. The van der Waals surface area contributed by atoms with E-state index in [9.17, 15) is 4.79 Å². The zero-order valence-electron chi connectivity index (χ0n) is 13.6. The van der Waals surface area contributed by atoms with Gasteiger partial charge in [0.2, 0.25) is 0 Å². The van der Waals surface area contributed by atoms with Crippen molar-refractivity contribution < 1.29 is 4.79 Å². The predicted octanol–water partition coefficient (Wildman–Crippen LogP) is 3.37. The highest BCUT2D eigenvalue weighted by Crippen LogP contribution is 2.13. The maximum atomic E-state index is 11.9. The Morgan fingerprint density at radius 3 is 2.75 bits per heavy atom. The standard InChI is InChI=1S/C18H18N4OS/c1-13-16(11-19-20-18(23)17-9-6-10-24-17)14(2)22(21-13)12-15-7-4-3-5-8-15/h3-11H,12H2,1-2H3,(H,20,23)/b19-11-. The molecule has 122 valence electrons. The molecule has 1 amide bonds. The van der Waals surface area contributed by atoms with Gasteiger partial charge in [0.25, 0.3) is 5.91 Å². The molecular formula is C18H18N4OS. The van der Waals surface area contributed by atoms with Gasteiger partial charge in [0.15, 0.2) is 0 Å². The summed E-state index contributed by atoms with van der Waals surface area (Å²) in [6.45, 7) is 4.66. The molecule has 0 bridgehead atoms. The number of aromatic nitrogens is 2. The first-order valence-electron chi connectivity index (χ1n) is 7.60. The number of rotatable bonds is 5. The van der Waals surface area contributed by atoms with Crippen LogP contribution in [0.4, 0.5) is 0 Å². The molecule has 3 rings (SSSR count). The highest BCUT2D eigenvalue weighted by atomic mass is 32.1. The molecule has 1 aromatic carbocycles. The fourth-order valence-electron chi connectivity index (χ4n) is 2.43. The van der Waals surface area contributed by atoms with E-state index in [-0.39, 0.29) is 5.91 Å². The Kier molecular flexibility index (Phi) is 4.86. The quantitative estimate of drug-likeness (QED) is 0.573. The van der Waals surface area contributed by atoms with E-state index in [1.807, 2.05) is 48.2 Å². The van der Waals surface area contributed by atoms with Crippen molar-refractivity contribution in [2.75, 3.05) is 0 Å². The molecule has 0 atom stereocenters. The summed E-state index contributed by atoms with van der Waals surface area (Å²) < 4.78 is 1.95. The topological polar surface area (TPSA) is 59.3 Å². The molecule has 0 aliphatic rings. The number of thiophene rings is 1. The number of hydrogen-bond donors (Lipinski definition) is 1. The Balaban J connectivity index is 1.72. The number of carbonyl (C=O) groups excluding carboxylic acids is 1. The third-order valence-corrected chi connectivity index (χ3v) is 4.59. The molecule has 24 heavy (non-hydrogen) atoms. The summed E-state index contributed by atoms with van der Waals surface area (Å²) in [5.74, 6) is -0.201. The fourth-order valence-corrected chi connectivity index (χ4v) is 3.04. The lowest BCUT2D eigenvalue weighted by atomic mass is 10.2. The fraction of sp³-hybridized carbons (Fsp3) is 0.167. The van der Waals surface area contributed by atoms with E-state index in [0.717, 1.165) is 17.0 Å². The molecule has 0 aliphatic heterocycles. The monoisotopic (exact) mass is 338 g/mol. The highest BCUT2D eigenvalue weighted by Gasteiger charge is 2.10. The first-order valence-corrected chi connectivity index (χ1v) is 8.48. The Labute approximate surface area is 144 Å². The summed E-state index contributed by atoms with van der Waals surface area (Å²) in [4.78, 5) is 12.5. The minimum absolute atomic E-state index is 0.201. The summed E-state index contributed by atoms with van der Waals surface area (Å²) in [6.07, 6.45) is 1.66. The predicted molar refractivity (Wildman–Crippen MR) is 96.6 cm³/mol. The summed E-state index contributed by atoms with van der Waals surface area (Å²) in [6, 6.07) is 13.8. The first kappa shape index (κ1) is 16.1. The van der Waals surface area contributed by atoms with E-state index in [4.69, 9.17) is 0 Å². The average Bonchev–Trinajstić information content (AvgIpc) is 3.20. The molecule has 0 spiro atoms. The molecule has 5 nitrogen and oxygen atoms in total. The molecule has 6 heteroatoms. The molecule has 0 saturated heterocycles. The maximum absolute atomic E-state index is 11.9. The zero-order valence-corrected chi connectivity index (χ0v) is 14.4. The highest BCUT2D eigenvalue weighted by molar-refractivity contribution is 7.12. The van der Waals surface area contributed by atoms with Crippen LogP contribution in [0.2, 0.25) is 0 Å². The first-order chi connectivity index (χ1) is 11.6. The van der Waals surface area contributed by atoms with Crippen molar-refractivity contribution >= 4 is 23.5 Å². The lowest BCUT2D eigenvalue weighted by Crippen LogP contribution is -2.16. The van der Waals surface area contributed by atoms with Crippen molar-refractivity contribution in [3.05, 3.63) is 75.2 Å². The smallest absolute Gasteiger partial charge is 0.266 e. The van der Waals surface area contributed by atoms with Gasteiger partial charge in [-0.2, -0.15) is 10.2 Å². The maximum Gasteiger partial charge on any atom is 0.281 e. The van der Waals surface area contributed by atoms with E-state index in [1.54, 1.807) is 12.3 Å². The lowest BCUT2D eigenvalue weighted by molar-refractivity contribution is 0.0959. The average molecular weight is 338 g/mol. The van der Waals surface area contributed by atoms with Crippen LogP contribution in [-0.4, -0.2) is 21.9 Å². The second-order valence-electron chi connectivity index (χ2n) is 5.40. The Hall–Kier alpha value is -2.73. The van der Waals surface area contributed by atoms with Crippen molar-refractivity contribution in [1.82, 2.24) is 15.2 Å². The van der Waals surface area contributed by atoms with Crippen LogP contribution in [0.5, 0.6) is 0 Å². The lowest BCUT2D eigenvalue weighted by Gasteiger charge is -2.04. The van der Waals surface area contributed by atoms with Crippen molar-refractivity contribution in [3.8, 4) is 0 Å². The summed E-state index contributed by atoms with van der Waals surface area (Å²) in [5, 5.41) is 10.5. The van der Waals surface area contributed by atoms with Crippen molar-refractivity contribution in [3.63, 3.8) is 0 Å². The number of nitrogens with zero attached hydrogens (tertiary/aromatic N) is 3. The third-order valence-electron chi connectivity index (χ3n) is 3.72. The van der Waals surface area contributed by atoms with Gasteiger partial charge in [-0.25, -0.2) is 5.43 Å². The number of benzene rings is 1. The normalized spacial score (nSPS) is 11.1. The molecule has 0 aliphatic carbocycles. The summed E-state index contributed by atoms with van der Waals surface area (Å²) in [5.41, 5.74) is 6.58. The van der Waals surface area contributed by atoms with Crippen LogP contribution in [0.1, 0.15) is 32.2 Å². The number of aryl methyl sites for hydroxylation is 1. The van der Waals surface area contributed by atoms with Crippen molar-refractivity contribution in [2.45, 2.75) is 20.4 Å². The van der Waals surface area contributed by atoms with Gasteiger partial charge in [0.1, 0.15) is 0 Å². The number of hydrogen-bond acceptors (Lipinski definition) is 4. The second-order valence-corrected chi connectivity index (χ2v) is 6.35. The van der Waals surface area contributed by atoms with Gasteiger partial charge in [-0.3, -0.25) is 9.48 Å². The summed E-state index contributed by atoms with van der Waals surface area (Å²) in [7, 11) is 0. The molecule has 2 heterocycles. The van der Waals surface area contributed by atoms with Gasteiger partial charge in [-0.15, -0.1) is 11.3 Å². The van der Waals surface area contributed by atoms with Crippen LogP contribution in [-0.2, 0) is 6.54 Å². The van der Waals surface area contributed by atoms with Gasteiger partial charge in [-0.1, -0.05) is 36.4 Å². The van der Waals surface area contributed by atoms with Crippen LogP contribution in [0.3, 0.4) is 0 Å². The summed E-state index contributed by atoms with van der Waals surface area (Å²) >= 11 is 1.39. The van der Waals surface area contributed by atoms with Crippen LogP contribution >= 0.6 is 11.3 Å². The van der Waals surface area contributed by atoms with E-state index in [0.29, 0.717) is 11.4 Å². The minimum atomic E-state index is -0.201. The molecular weight excluding hydrogens is 320 g/mol. The molecule has 2 aromatic heterocycles. The number of nitrogens with one attached hydrogen (secondary N) is 1. The molecule has 0 radical (unpaired) electrons. The number of hydrazone groups is 1. The van der Waals surface area contributed by atoms with Crippen molar-refractivity contribution in [2.24, 2.45) is 5.10 Å². The van der Waals surface area contributed by atoms with Gasteiger partial charge in [0, 0.05) is 11.3 Å².